The largest absolute Gasteiger partial charge is 0.416 e. The third-order valence-electron chi connectivity index (χ3n) is 2.36. The highest BCUT2D eigenvalue weighted by Crippen LogP contribution is 2.29. The topological polar surface area (TPSA) is 44.1 Å². The van der Waals surface area contributed by atoms with Crippen molar-refractivity contribution in [3.05, 3.63) is 35.4 Å². The molecule has 0 aliphatic rings. The SMILES string of the molecule is CN(CCC#N)C(=O)c1ccc(C(F)(F)F)cc1. The van der Waals surface area contributed by atoms with Crippen molar-refractivity contribution in [1.82, 2.24) is 4.90 Å². The van der Waals surface area contributed by atoms with Gasteiger partial charge in [-0.05, 0) is 24.3 Å². The van der Waals surface area contributed by atoms with Gasteiger partial charge >= 0.3 is 6.18 Å². The van der Waals surface area contributed by atoms with Crippen molar-refractivity contribution in [1.29, 1.82) is 5.26 Å². The molecule has 0 aliphatic carbocycles. The van der Waals surface area contributed by atoms with Gasteiger partial charge in [0.05, 0.1) is 18.1 Å². The molecule has 0 radical (unpaired) electrons. The standard InChI is InChI=1S/C12H11F3N2O/c1-17(8-2-7-16)11(18)9-3-5-10(6-4-9)12(13,14)15/h3-6H,2,8H2,1H3. The molecule has 0 fully saturated rings. The Morgan fingerprint density at radius 3 is 2.33 bits per heavy atom. The lowest BCUT2D eigenvalue weighted by atomic mass is 10.1. The summed E-state index contributed by atoms with van der Waals surface area (Å²) in [6.07, 6.45) is -4.23. The summed E-state index contributed by atoms with van der Waals surface area (Å²) in [7, 11) is 1.50. The van der Waals surface area contributed by atoms with Crippen LogP contribution in [-0.4, -0.2) is 24.4 Å². The van der Waals surface area contributed by atoms with Gasteiger partial charge in [-0.25, -0.2) is 0 Å². The van der Waals surface area contributed by atoms with Crippen LogP contribution in [0.3, 0.4) is 0 Å². The summed E-state index contributed by atoms with van der Waals surface area (Å²) in [6, 6.07) is 5.89. The molecule has 0 atom stereocenters. The van der Waals surface area contributed by atoms with Crippen LogP contribution in [0.1, 0.15) is 22.3 Å². The first-order valence-electron chi connectivity index (χ1n) is 5.16. The van der Waals surface area contributed by atoms with Crippen molar-refractivity contribution >= 4 is 5.91 Å². The minimum atomic E-state index is -4.41. The Labute approximate surface area is 102 Å². The molecule has 0 bridgehead atoms. The maximum Gasteiger partial charge on any atom is 0.416 e. The summed E-state index contributed by atoms with van der Waals surface area (Å²) >= 11 is 0. The third-order valence-corrected chi connectivity index (χ3v) is 2.36. The molecular formula is C12H11F3N2O. The van der Waals surface area contributed by atoms with E-state index in [1.54, 1.807) is 0 Å². The number of amides is 1. The maximum absolute atomic E-state index is 12.3. The zero-order valence-electron chi connectivity index (χ0n) is 9.66. The molecule has 0 N–H and O–H groups in total. The maximum atomic E-state index is 12.3. The van der Waals surface area contributed by atoms with E-state index in [2.05, 4.69) is 0 Å². The Morgan fingerprint density at radius 1 is 1.33 bits per heavy atom. The fourth-order valence-corrected chi connectivity index (χ4v) is 1.34. The minimum absolute atomic E-state index is 0.170. The Morgan fingerprint density at radius 2 is 1.89 bits per heavy atom. The van der Waals surface area contributed by atoms with E-state index in [0.717, 1.165) is 24.3 Å². The minimum Gasteiger partial charge on any atom is -0.341 e. The summed E-state index contributed by atoms with van der Waals surface area (Å²) in [6.45, 7) is 0.246. The highest BCUT2D eigenvalue weighted by molar-refractivity contribution is 5.94. The molecule has 0 spiro atoms. The van der Waals surface area contributed by atoms with Crippen LogP contribution in [0.25, 0.3) is 0 Å². The van der Waals surface area contributed by atoms with Crippen LogP contribution >= 0.6 is 0 Å². The number of alkyl halides is 3. The predicted octanol–water partition coefficient (Wildman–Crippen LogP) is 2.69. The summed E-state index contributed by atoms with van der Waals surface area (Å²) in [5.74, 6) is -0.404. The zero-order chi connectivity index (χ0) is 13.8. The highest BCUT2D eigenvalue weighted by atomic mass is 19.4. The number of carbonyl (C=O) groups excluding carboxylic acids is 1. The molecule has 0 aromatic heterocycles. The summed E-state index contributed by atoms with van der Waals surface area (Å²) in [4.78, 5) is 13.0. The number of hydrogen-bond donors (Lipinski definition) is 0. The highest BCUT2D eigenvalue weighted by Gasteiger charge is 2.30. The smallest absolute Gasteiger partial charge is 0.341 e. The zero-order valence-corrected chi connectivity index (χ0v) is 9.66. The van der Waals surface area contributed by atoms with E-state index in [4.69, 9.17) is 5.26 Å². The molecular weight excluding hydrogens is 245 g/mol. The lowest BCUT2D eigenvalue weighted by Gasteiger charge is -2.15. The van der Waals surface area contributed by atoms with E-state index in [1.165, 1.54) is 11.9 Å². The molecule has 0 saturated heterocycles. The van der Waals surface area contributed by atoms with Gasteiger partial charge in [0.2, 0.25) is 0 Å². The molecule has 0 aliphatic heterocycles. The van der Waals surface area contributed by atoms with E-state index >= 15 is 0 Å². The Balaban J connectivity index is 2.80. The second kappa shape index (κ2) is 5.54. The van der Waals surface area contributed by atoms with Crippen molar-refractivity contribution < 1.29 is 18.0 Å². The molecule has 3 nitrogen and oxygen atoms in total. The first-order valence-corrected chi connectivity index (χ1v) is 5.16. The lowest BCUT2D eigenvalue weighted by molar-refractivity contribution is -0.137. The van der Waals surface area contributed by atoms with Gasteiger partial charge in [0.15, 0.2) is 0 Å². The van der Waals surface area contributed by atoms with Crippen molar-refractivity contribution in [2.75, 3.05) is 13.6 Å². The number of hydrogen-bond acceptors (Lipinski definition) is 2. The van der Waals surface area contributed by atoms with Gasteiger partial charge in [0.1, 0.15) is 0 Å². The second-order valence-corrected chi connectivity index (χ2v) is 3.71. The lowest BCUT2D eigenvalue weighted by Crippen LogP contribution is -2.27. The van der Waals surface area contributed by atoms with Gasteiger partial charge in [-0.15, -0.1) is 0 Å². The quantitative estimate of drug-likeness (QED) is 0.834. The van der Waals surface area contributed by atoms with E-state index in [0.29, 0.717) is 0 Å². The van der Waals surface area contributed by atoms with Crippen LogP contribution < -0.4 is 0 Å². The van der Waals surface area contributed by atoms with Gasteiger partial charge in [-0.2, -0.15) is 18.4 Å². The average molecular weight is 256 g/mol. The molecule has 1 aromatic carbocycles. The molecule has 0 unspecified atom stereocenters. The summed E-state index contributed by atoms with van der Waals surface area (Å²) < 4.78 is 36.9. The number of carbonyl (C=O) groups is 1. The van der Waals surface area contributed by atoms with E-state index < -0.39 is 17.6 Å². The van der Waals surface area contributed by atoms with Crippen molar-refractivity contribution in [3.8, 4) is 6.07 Å². The Hall–Kier alpha value is -2.03. The van der Waals surface area contributed by atoms with Gasteiger partial charge in [0.25, 0.3) is 5.91 Å². The molecule has 6 heteroatoms. The fourth-order valence-electron chi connectivity index (χ4n) is 1.34. The van der Waals surface area contributed by atoms with E-state index in [-0.39, 0.29) is 18.5 Å². The van der Waals surface area contributed by atoms with Gasteiger partial charge in [-0.3, -0.25) is 4.79 Å². The summed E-state index contributed by atoms with van der Waals surface area (Å²) in [5, 5.41) is 8.38. The molecule has 96 valence electrons. The normalized spacial score (nSPS) is 10.8. The number of halogens is 3. The Kier molecular flexibility index (Phi) is 4.32. The van der Waals surface area contributed by atoms with Crippen LogP contribution in [0.4, 0.5) is 13.2 Å². The first kappa shape index (κ1) is 14.0. The van der Waals surface area contributed by atoms with Crippen LogP contribution in [-0.2, 0) is 6.18 Å². The van der Waals surface area contributed by atoms with Crippen LogP contribution in [0.2, 0.25) is 0 Å². The van der Waals surface area contributed by atoms with Crippen molar-refractivity contribution in [2.24, 2.45) is 0 Å². The molecule has 0 heterocycles. The number of nitriles is 1. The molecule has 1 amide bonds. The fraction of sp³-hybridized carbons (Fsp3) is 0.333. The number of nitrogens with zero attached hydrogens (tertiary/aromatic N) is 2. The van der Waals surface area contributed by atoms with Crippen LogP contribution in [0, 0.1) is 11.3 Å². The molecule has 0 saturated carbocycles. The van der Waals surface area contributed by atoms with E-state index in [1.807, 2.05) is 6.07 Å². The second-order valence-electron chi connectivity index (χ2n) is 3.71. The van der Waals surface area contributed by atoms with Gasteiger partial charge in [0, 0.05) is 19.2 Å². The number of benzene rings is 1. The molecule has 18 heavy (non-hydrogen) atoms. The van der Waals surface area contributed by atoms with Crippen molar-refractivity contribution in [3.63, 3.8) is 0 Å². The first-order chi connectivity index (χ1) is 8.36. The third kappa shape index (κ3) is 3.48. The predicted molar refractivity (Wildman–Crippen MR) is 58.6 cm³/mol. The van der Waals surface area contributed by atoms with Gasteiger partial charge in [-0.1, -0.05) is 0 Å². The monoisotopic (exact) mass is 256 g/mol. The van der Waals surface area contributed by atoms with Crippen molar-refractivity contribution in [2.45, 2.75) is 12.6 Å². The molecule has 1 aromatic rings. The Bertz CT molecular complexity index is 460. The number of rotatable bonds is 3. The summed E-state index contributed by atoms with van der Waals surface area (Å²) in [5.41, 5.74) is -0.623. The molecule has 1 rings (SSSR count). The van der Waals surface area contributed by atoms with Crippen LogP contribution in [0.15, 0.2) is 24.3 Å². The van der Waals surface area contributed by atoms with Gasteiger partial charge < -0.3 is 4.90 Å². The van der Waals surface area contributed by atoms with Crippen LogP contribution in [0.5, 0.6) is 0 Å². The van der Waals surface area contributed by atoms with E-state index in [9.17, 15) is 18.0 Å². The average Bonchev–Trinajstić information content (AvgIpc) is 2.34.